The normalized spacial score (nSPS) is 12.6. The number of hydrogen-bond acceptors (Lipinski definition) is 4. The fraction of sp³-hybridized carbons (Fsp3) is 0.217. The molecule has 0 unspecified atom stereocenters. The molecule has 0 fully saturated rings. The maximum Gasteiger partial charge on any atom is 0.415 e. The number of nitrogens with zero attached hydrogens (tertiary/aromatic N) is 2. The van der Waals surface area contributed by atoms with E-state index >= 15 is 0 Å². The summed E-state index contributed by atoms with van der Waals surface area (Å²) >= 11 is 1.46. The molecule has 0 saturated carbocycles. The minimum Gasteiger partial charge on any atom is -0.623 e. The molecule has 3 aromatic rings. The number of carbonyl (C=O) groups is 1. The first-order chi connectivity index (χ1) is 14.1. The van der Waals surface area contributed by atoms with Gasteiger partial charge in [-0.05, 0) is 13.0 Å². The van der Waals surface area contributed by atoms with Gasteiger partial charge in [0.15, 0.2) is 12.3 Å². The lowest BCUT2D eigenvalue weighted by atomic mass is 10.1. The van der Waals surface area contributed by atoms with Crippen LogP contribution in [0.25, 0.3) is 10.1 Å². The lowest BCUT2D eigenvalue weighted by Crippen LogP contribution is -2.31. The van der Waals surface area contributed by atoms with Gasteiger partial charge in [-0.3, -0.25) is 4.90 Å². The van der Waals surface area contributed by atoms with Gasteiger partial charge in [-0.1, -0.05) is 54.6 Å². The highest BCUT2D eigenvalue weighted by Gasteiger charge is 2.25. The fourth-order valence-electron chi connectivity index (χ4n) is 3.07. The zero-order chi connectivity index (χ0) is 20.8. The van der Waals surface area contributed by atoms with Crippen LogP contribution in [0.1, 0.15) is 31.0 Å². The van der Waals surface area contributed by atoms with Crippen LogP contribution in [0.5, 0.6) is 0 Å². The highest BCUT2D eigenvalue weighted by atomic mass is 32.1. The minimum absolute atomic E-state index is 0.273. The molecule has 0 spiro atoms. The fourth-order valence-corrected chi connectivity index (χ4v) is 4.24. The molecule has 0 radical (unpaired) electrons. The molecule has 5 nitrogen and oxygen atoms in total. The molecule has 6 heteroatoms. The summed E-state index contributed by atoms with van der Waals surface area (Å²) in [4.78, 5) is 14.1. The second-order valence-electron chi connectivity index (χ2n) is 6.49. The van der Waals surface area contributed by atoms with Gasteiger partial charge in [-0.2, -0.15) is 0 Å². The summed E-state index contributed by atoms with van der Waals surface area (Å²) in [6, 6.07) is 17.1. The highest BCUT2D eigenvalue weighted by molar-refractivity contribution is 7.23. The van der Waals surface area contributed by atoms with Crippen molar-refractivity contribution in [1.82, 2.24) is 0 Å². The summed E-state index contributed by atoms with van der Waals surface area (Å²) < 4.78 is 7.15. The summed E-state index contributed by atoms with van der Waals surface area (Å²) in [5, 5.41) is 14.6. The zero-order valence-corrected chi connectivity index (χ0v) is 17.4. The molecule has 0 bridgehead atoms. The van der Waals surface area contributed by atoms with Crippen molar-refractivity contribution in [2.24, 2.45) is 0 Å². The third-order valence-electron chi connectivity index (χ3n) is 4.58. The lowest BCUT2D eigenvalue weighted by molar-refractivity contribution is -0.498. The van der Waals surface area contributed by atoms with Crippen LogP contribution in [0.4, 0.5) is 9.80 Å². The lowest BCUT2D eigenvalue weighted by Gasteiger charge is -2.20. The van der Waals surface area contributed by atoms with E-state index in [0.29, 0.717) is 17.1 Å². The molecule has 3 rings (SSSR count). The second-order valence-corrected chi connectivity index (χ2v) is 7.52. The van der Waals surface area contributed by atoms with Crippen molar-refractivity contribution in [3.63, 3.8) is 0 Å². The Kier molecular flexibility index (Phi) is 6.67. The number of hydrogen-bond donors (Lipinski definition) is 0. The minimum atomic E-state index is -0.456. The van der Waals surface area contributed by atoms with Crippen molar-refractivity contribution >= 4 is 38.7 Å². The van der Waals surface area contributed by atoms with Crippen LogP contribution in [0.3, 0.4) is 0 Å². The van der Waals surface area contributed by atoms with E-state index < -0.39 is 6.09 Å². The Balaban J connectivity index is 2.11. The predicted octanol–water partition coefficient (Wildman–Crippen LogP) is 5.74. The van der Waals surface area contributed by atoms with Crippen molar-refractivity contribution in [1.29, 1.82) is 0 Å². The summed E-state index contributed by atoms with van der Waals surface area (Å²) in [6.07, 6.45) is 2.76. The van der Waals surface area contributed by atoms with Gasteiger partial charge < -0.3 is 9.94 Å². The van der Waals surface area contributed by atoms with Crippen LogP contribution < -0.4 is 4.90 Å². The Morgan fingerprint density at radius 1 is 1.24 bits per heavy atom. The van der Waals surface area contributed by atoms with E-state index in [9.17, 15) is 10.0 Å². The quantitative estimate of drug-likeness (QED) is 0.165. The summed E-state index contributed by atoms with van der Waals surface area (Å²) in [7, 11) is 0. The summed E-state index contributed by atoms with van der Waals surface area (Å²) in [6.45, 7) is 7.95. The second kappa shape index (κ2) is 9.39. The van der Waals surface area contributed by atoms with Crippen molar-refractivity contribution < 1.29 is 14.3 Å². The largest absolute Gasteiger partial charge is 0.623 e. The molecule has 1 heterocycles. The van der Waals surface area contributed by atoms with Crippen molar-refractivity contribution in [3.8, 4) is 0 Å². The maximum absolute atomic E-state index is 13.0. The average molecular weight is 409 g/mol. The molecule has 0 aliphatic rings. The van der Waals surface area contributed by atoms with Crippen LogP contribution in [-0.4, -0.2) is 30.2 Å². The van der Waals surface area contributed by atoms with Crippen LogP contribution in [0.2, 0.25) is 0 Å². The van der Waals surface area contributed by atoms with Crippen molar-refractivity contribution in [3.05, 3.63) is 83.6 Å². The molecular weight excluding hydrogens is 384 g/mol. The Morgan fingerprint density at radius 2 is 1.93 bits per heavy atom. The van der Waals surface area contributed by atoms with Gasteiger partial charge >= 0.3 is 6.09 Å². The Bertz CT molecular complexity index is 1030. The van der Waals surface area contributed by atoms with Gasteiger partial charge in [0.05, 0.1) is 12.2 Å². The smallest absolute Gasteiger partial charge is 0.415 e. The van der Waals surface area contributed by atoms with Gasteiger partial charge in [0.25, 0.3) is 0 Å². The molecule has 0 aliphatic heterocycles. The molecule has 1 aromatic heterocycles. The summed E-state index contributed by atoms with van der Waals surface area (Å²) in [5.41, 5.74) is 1.63. The van der Waals surface area contributed by atoms with E-state index in [0.717, 1.165) is 20.4 Å². The van der Waals surface area contributed by atoms with Crippen molar-refractivity contribution in [2.45, 2.75) is 19.9 Å². The number of anilines is 1. The summed E-state index contributed by atoms with van der Waals surface area (Å²) in [5.74, 6) is 0. The van der Waals surface area contributed by atoms with Gasteiger partial charge in [-0.15, -0.1) is 17.9 Å². The van der Waals surface area contributed by atoms with Crippen molar-refractivity contribution in [2.75, 3.05) is 18.1 Å². The molecule has 2 aromatic carbocycles. The van der Waals surface area contributed by atoms with Gasteiger partial charge in [-0.25, -0.2) is 9.53 Å². The first kappa shape index (κ1) is 20.6. The number of carbonyl (C=O) groups excluding carboxylic acids is 1. The number of hydroxylamine groups is 1. The molecule has 1 amide bonds. The van der Waals surface area contributed by atoms with E-state index in [1.54, 1.807) is 19.2 Å². The molecule has 1 atom stereocenters. The van der Waals surface area contributed by atoms with E-state index in [-0.39, 0.29) is 12.6 Å². The molecule has 0 saturated heterocycles. The van der Waals surface area contributed by atoms with Gasteiger partial charge in [0.1, 0.15) is 5.00 Å². The van der Waals surface area contributed by atoms with Crippen LogP contribution in [0, 0.1) is 5.21 Å². The number of rotatable bonds is 7. The van der Waals surface area contributed by atoms with E-state index in [2.05, 4.69) is 6.58 Å². The number of benzene rings is 2. The number of thiophene rings is 1. The zero-order valence-electron chi connectivity index (χ0n) is 16.6. The standard InChI is InChI=1S/C23H24N2O3S/c1-4-15-24(23(26)28-5-2)22-20(19-13-9-10-14-21(19)29-22)16-25(27)17(3)18-11-7-6-8-12-18/h4,6-14,16-17H,1,5,15H2,2-3H3/b25-16-/t17-/m1/s1. The third kappa shape index (κ3) is 4.49. The highest BCUT2D eigenvalue weighted by Crippen LogP contribution is 2.37. The molecular formula is C23H24N2O3S. The first-order valence-corrected chi connectivity index (χ1v) is 10.3. The van der Waals surface area contributed by atoms with Crippen LogP contribution in [-0.2, 0) is 4.74 Å². The predicted molar refractivity (Wildman–Crippen MR) is 120 cm³/mol. The third-order valence-corrected chi connectivity index (χ3v) is 5.79. The van der Waals surface area contributed by atoms with Gasteiger partial charge in [0, 0.05) is 29.1 Å². The number of fused-ring (bicyclic) bond motifs is 1. The number of amides is 1. The van der Waals surface area contributed by atoms with Gasteiger partial charge in [0.2, 0.25) is 0 Å². The molecule has 29 heavy (non-hydrogen) atoms. The SMILES string of the molecule is C=CCN(C(=O)OCC)c1sc2ccccc2c1/C=[N+](\[O-])[C@H](C)c1ccccc1. The molecule has 0 aliphatic carbocycles. The first-order valence-electron chi connectivity index (χ1n) is 9.48. The Hall–Kier alpha value is -3.12. The van der Waals surface area contributed by atoms with Crippen LogP contribution in [0.15, 0.2) is 67.3 Å². The number of ether oxygens (including phenoxy) is 1. The Morgan fingerprint density at radius 3 is 2.62 bits per heavy atom. The topological polar surface area (TPSA) is 55.6 Å². The average Bonchev–Trinajstić information content (AvgIpc) is 3.10. The maximum atomic E-state index is 13.0. The molecule has 150 valence electrons. The van der Waals surface area contributed by atoms with E-state index in [1.807, 2.05) is 61.5 Å². The van der Waals surface area contributed by atoms with Crippen LogP contribution >= 0.6 is 11.3 Å². The monoisotopic (exact) mass is 408 g/mol. The Labute approximate surface area is 174 Å². The van der Waals surface area contributed by atoms with E-state index in [4.69, 9.17) is 4.74 Å². The van der Waals surface area contributed by atoms with E-state index in [1.165, 1.54) is 16.2 Å². The molecule has 0 N–H and O–H groups in total.